The molecule has 0 aromatic heterocycles. The van der Waals surface area contributed by atoms with Gasteiger partial charge in [0.15, 0.2) is 0 Å². The minimum Gasteiger partial charge on any atom is -0.495 e. The Hall–Kier alpha value is -2.17. The second kappa shape index (κ2) is 7.02. The van der Waals surface area contributed by atoms with E-state index in [2.05, 4.69) is 30.6 Å². The smallest absolute Gasteiger partial charge is 0.145 e. The van der Waals surface area contributed by atoms with Crippen LogP contribution in [0.25, 0.3) is 0 Å². The second-order valence-electron chi connectivity index (χ2n) is 8.01. The van der Waals surface area contributed by atoms with Gasteiger partial charge in [-0.3, -0.25) is 4.79 Å². The first kappa shape index (κ1) is 19.2. The summed E-state index contributed by atoms with van der Waals surface area (Å²) in [6.45, 7) is 4.15. The number of allylic oxidation sites excluding steroid dienone is 1. The molecule has 2 aromatic rings. The summed E-state index contributed by atoms with van der Waals surface area (Å²) in [4.78, 5) is 13.3. The maximum atomic E-state index is 13.3. The summed E-state index contributed by atoms with van der Waals surface area (Å²) in [5.74, 6) is 0.294. The minimum atomic E-state index is -0.399. The summed E-state index contributed by atoms with van der Waals surface area (Å²) in [5, 5.41) is 7.95. The van der Waals surface area contributed by atoms with Crippen molar-refractivity contribution in [3.63, 3.8) is 0 Å². The first-order valence-corrected chi connectivity index (χ1v) is 9.95. The number of rotatable bonds is 2. The number of halogens is 2. The Morgan fingerprint density at radius 3 is 2.57 bits per heavy atom. The van der Waals surface area contributed by atoms with Crippen LogP contribution in [0, 0.1) is 11.3 Å². The van der Waals surface area contributed by atoms with Gasteiger partial charge in [0.1, 0.15) is 11.5 Å². The molecule has 1 heterocycles. The lowest BCUT2D eigenvalue weighted by Gasteiger charge is -2.36. The van der Waals surface area contributed by atoms with Crippen LogP contribution in [-0.2, 0) is 4.79 Å². The first-order chi connectivity index (χ1) is 13.3. The predicted molar refractivity (Wildman–Crippen MR) is 114 cm³/mol. The molecule has 0 saturated heterocycles. The highest BCUT2D eigenvalue weighted by Crippen LogP contribution is 2.48. The number of fused-ring (bicyclic) bond motifs is 2. The van der Waals surface area contributed by atoms with Gasteiger partial charge < -0.3 is 15.4 Å². The van der Waals surface area contributed by atoms with Gasteiger partial charge in [0.2, 0.25) is 0 Å². The van der Waals surface area contributed by atoms with Gasteiger partial charge in [-0.15, -0.1) is 0 Å². The zero-order chi connectivity index (χ0) is 20.1. The summed E-state index contributed by atoms with van der Waals surface area (Å²) in [5.41, 5.74) is 3.28. The van der Waals surface area contributed by atoms with Crippen molar-refractivity contribution in [3.05, 3.63) is 63.8 Å². The van der Waals surface area contributed by atoms with Crippen molar-refractivity contribution < 1.29 is 9.53 Å². The average molecular weight is 417 g/mol. The predicted octanol–water partition coefficient (Wildman–Crippen LogP) is 6.08. The molecule has 0 saturated carbocycles. The van der Waals surface area contributed by atoms with Gasteiger partial charge in [-0.05, 0) is 29.7 Å². The van der Waals surface area contributed by atoms with Gasteiger partial charge in [0.25, 0.3) is 0 Å². The van der Waals surface area contributed by atoms with Gasteiger partial charge in [0.05, 0.1) is 35.5 Å². The zero-order valence-corrected chi connectivity index (χ0v) is 17.5. The molecule has 0 spiro atoms. The number of methoxy groups -OCH3 is 1. The highest BCUT2D eigenvalue weighted by atomic mass is 35.5. The molecule has 0 fully saturated rings. The molecule has 4 rings (SSSR count). The molecule has 0 radical (unpaired) electrons. The summed E-state index contributed by atoms with van der Waals surface area (Å²) < 4.78 is 5.59. The maximum Gasteiger partial charge on any atom is 0.145 e. The topological polar surface area (TPSA) is 50.4 Å². The van der Waals surface area contributed by atoms with E-state index < -0.39 is 5.92 Å². The van der Waals surface area contributed by atoms with Crippen LogP contribution in [0.4, 0.5) is 11.4 Å². The number of para-hydroxylation sites is 2. The van der Waals surface area contributed by atoms with Crippen molar-refractivity contribution in [3.8, 4) is 5.75 Å². The second-order valence-corrected chi connectivity index (χ2v) is 8.86. The molecule has 0 bridgehead atoms. The Labute approximate surface area is 174 Å². The van der Waals surface area contributed by atoms with E-state index in [4.69, 9.17) is 27.9 Å². The molecule has 0 unspecified atom stereocenters. The molecule has 2 atom stereocenters. The number of hydrogen-bond acceptors (Lipinski definition) is 4. The molecule has 6 heteroatoms. The van der Waals surface area contributed by atoms with Crippen LogP contribution in [0.1, 0.15) is 31.9 Å². The first-order valence-electron chi connectivity index (χ1n) is 9.20. The molecule has 0 amide bonds. The van der Waals surface area contributed by atoms with Crippen LogP contribution in [-0.4, -0.2) is 12.9 Å². The van der Waals surface area contributed by atoms with Crippen LogP contribution in [0.2, 0.25) is 10.0 Å². The van der Waals surface area contributed by atoms with Crippen molar-refractivity contribution >= 4 is 40.4 Å². The van der Waals surface area contributed by atoms with E-state index in [0.717, 1.165) is 22.6 Å². The molecule has 1 aliphatic heterocycles. The molecule has 2 N–H and O–H groups in total. The molecular formula is C22H22Cl2N2O2. The highest BCUT2D eigenvalue weighted by molar-refractivity contribution is 6.35. The van der Waals surface area contributed by atoms with E-state index in [9.17, 15) is 4.79 Å². The number of anilines is 2. The van der Waals surface area contributed by atoms with Gasteiger partial charge in [-0.1, -0.05) is 55.3 Å². The highest BCUT2D eigenvalue weighted by Gasteiger charge is 2.42. The monoisotopic (exact) mass is 416 g/mol. The molecular weight excluding hydrogens is 395 g/mol. The van der Waals surface area contributed by atoms with E-state index >= 15 is 0 Å². The van der Waals surface area contributed by atoms with Crippen LogP contribution < -0.4 is 15.4 Å². The molecule has 146 valence electrons. The summed E-state index contributed by atoms with van der Waals surface area (Å²) in [6, 6.07) is 11.0. The fourth-order valence-electron chi connectivity index (χ4n) is 4.18. The van der Waals surface area contributed by atoms with Crippen LogP contribution in [0.5, 0.6) is 5.75 Å². The van der Waals surface area contributed by atoms with Crippen molar-refractivity contribution in [2.75, 3.05) is 17.7 Å². The summed E-state index contributed by atoms with van der Waals surface area (Å²) >= 11 is 12.7. The van der Waals surface area contributed by atoms with E-state index in [1.54, 1.807) is 13.2 Å². The normalized spacial score (nSPS) is 22.8. The van der Waals surface area contributed by atoms with E-state index in [1.165, 1.54) is 0 Å². The molecule has 4 nitrogen and oxygen atoms in total. The SMILES string of the molecule is COc1c(Cl)cc(Cl)cc1[C@@H]1Nc2ccccc2NC2=CC(C)(C)CC(=O)[C@H]21. The molecule has 2 aromatic carbocycles. The van der Waals surface area contributed by atoms with Gasteiger partial charge in [0, 0.05) is 22.7 Å². The summed E-state index contributed by atoms with van der Waals surface area (Å²) in [7, 11) is 1.57. The molecule has 1 aliphatic carbocycles. The quantitative estimate of drug-likeness (QED) is 0.622. The lowest BCUT2D eigenvalue weighted by Crippen LogP contribution is -2.36. The van der Waals surface area contributed by atoms with E-state index in [-0.39, 0.29) is 17.2 Å². The summed E-state index contributed by atoms with van der Waals surface area (Å²) in [6.07, 6.45) is 2.63. The minimum absolute atomic E-state index is 0.165. The standard InChI is InChI=1S/C22H22Cl2N2O2/c1-22(2)10-17-19(18(27)11-22)20(26-16-7-5-4-6-15(16)25-17)13-8-12(23)9-14(24)21(13)28-3/h4-10,19-20,25-26H,11H2,1-3H3/t19-,20-/m0/s1. The number of carbonyl (C=O) groups excluding carboxylic acids is 1. The number of ether oxygens (including phenoxy) is 1. The Kier molecular flexibility index (Phi) is 4.80. The fourth-order valence-corrected chi connectivity index (χ4v) is 4.77. The third-order valence-electron chi connectivity index (χ3n) is 5.28. The van der Waals surface area contributed by atoms with Crippen LogP contribution in [0.15, 0.2) is 48.2 Å². The third kappa shape index (κ3) is 3.36. The van der Waals surface area contributed by atoms with Crippen LogP contribution in [0.3, 0.4) is 0 Å². The van der Waals surface area contributed by atoms with Crippen molar-refractivity contribution in [1.82, 2.24) is 0 Å². The molecule has 28 heavy (non-hydrogen) atoms. The number of hydrogen-bond donors (Lipinski definition) is 2. The Morgan fingerprint density at radius 2 is 1.86 bits per heavy atom. The largest absolute Gasteiger partial charge is 0.495 e. The van der Waals surface area contributed by atoms with E-state index in [0.29, 0.717) is 22.2 Å². The van der Waals surface area contributed by atoms with Gasteiger partial charge >= 0.3 is 0 Å². The lowest BCUT2D eigenvalue weighted by atomic mass is 9.72. The Morgan fingerprint density at radius 1 is 1.14 bits per heavy atom. The fraction of sp³-hybridized carbons (Fsp3) is 0.318. The Balaban J connectivity index is 1.94. The third-order valence-corrected chi connectivity index (χ3v) is 5.78. The van der Waals surface area contributed by atoms with Gasteiger partial charge in [-0.25, -0.2) is 0 Å². The van der Waals surface area contributed by atoms with Crippen LogP contribution >= 0.6 is 23.2 Å². The Bertz CT molecular complexity index is 984. The maximum absolute atomic E-state index is 13.3. The average Bonchev–Trinajstić information content (AvgIpc) is 2.76. The van der Waals surface area contributed by atoms with Crippen molar-refractivity contribution in [2.24, 2.45) is 11.3 Å². The number of ketones is 1. The van der Waals surface area contributed by atoms with Crippen molar-refractivity contribution in [2.45, 2.75) is 26.3 Å². The van der Waals surface area contributed by atoms with Gasteiger partial charge in [-0.2, -0.15) is 0 Å². The number of carbonyl (C=O) groups is 1. The number of Topliss-reactive ketones (excluding diaryl/α,β-unsaturated/α-hetero) is 1. The van der Waals surface area contributed by atoms with Crippen molar-refractivity contribution in [1.29, 1.82) is 0 Å². The van der Waals surface area contributed by atoms with E-state index in [1.807, 2.05) is 30.3 Å². The zero-order valence-electron chi connectivity index (χ0n) is 16.0. The lowest BCUT2D eigenvalue weighted by molar-refractivity contribution is -0.124. The number of nitrogens with one attached hydrogen (secondary N) is 2. The number of benzene rings is 2. The molecule has 2 aliphatic rings.